The van der Waals surface area contributed by atoms with Crippen molar-refractivity contribution in [2.24, 2.45) is 5.16 Å². The number of benzene rings is 1. The SMILES string of the molecule is COC(=O)[C@@H]1C[C@@]2(CN1)CC(C1(c3ccc(Cl)cc3)CC1)=NO2. The van der Waals surface area contributed by atoms with E-state index in [0.29, 0.717) is 13.0 Å². The normalized spacial score (nSPS) is 30.9. The lowest BCUT2D eigenvalue weighted by molar-refractivity contribution is -0.143. The first-order valence-corrected chi connectivity index (χ1v) is 8.28. The van der Waals surface area contributed by atoms with Crippen molar-refractivity contribution in [1.82, 2.24) is 5.32 Å². The smallest absolute Gasteiger partial charge is 0.323 e. The number of rotatable bonds is 3. The summed E-state index contributed by atoms with van der Waals surface area (Å²) in [5, 5.41) is 8.35. The molecule has 6 heteroatoms. The van der Waals surface area contributed by atoms with Gasteiger partial charge in [-0.25, -0.2) is 0 Å². The molecule has 2 atom stereocenters. The van der Waals surface area contributed by atoms with Crippen molar-refractivity contribution in [1.29, 1.82) is 0 Å². The summed E-state index contributed by atoms with van der Waals surface area (Å²) in [4.78, 5) is 17.5. The monoisotopic (exact) mass is 334 g/mol. The number of esters is 1. The van der Waals surface area contributed by atoms with Crippen LogP contribution in [0.5, 0.6) is 0 Å². The first-order valence-electron chi connectivity index (χ1n) is 7.90. The van der Waals surface area contributed by atoms with Crippen molar-refractivity contribution in [3.05, 3.63) is 34.9 Å². The molecule has 0 unspecified atom stereocenters. The van der Waals surface area contributed by atoms with Crippen LogP contribution in [0.15, 0.2) is 29.4 Å². The largest absolute Gasteiger partial charge is 0.468 e. The van der Waals surface area contributed by atoms with Gasteiger partial charge in [0.25, 0.3) is 0 Å². The molecule has 122 valence electrons. The van der Waals surface area contributed by atoms with Crippen molar-refractivity contribution in [3.63, 3.8) is 0 Å². The molecule has 3 aliphatic rings. The van der Waals surface area contributed by atoms with E-state index in [1.54, 1.807) is 0 Å². The molecular weight excluding hydrogens is 316 g/mol. The van der Waals surface area contributed by atoms with Crippen LogP contribution in [0.25, 0.3) is 0 Å². The summed E-state index contributed by atoms with van der Waals surface area (Å²) >= 11 is 5.99. The highest BCUT2D eigenvalue weighted by Crippen LogP contribution is 2.53. The average Bonchev–Trinajstić information content (AvgIpc) is 3.11. The molecule has 2 fully saturated rings. The van der Waals surface area contributed by atoms with Crippen LogP contribution in [0.4, 0.5) is 0 Å². The van der Waals surface area contributed by atoms with Gasteiger partial charge in [0.2, 0.25) is 0 Å². The second kappa shape index (κ2) is 5.21. The summed E-state index contributed by atoms with van der Waals surface area (Å²) < 4.78 is 4.82. The fourth-order valence-electron chi connectivity index (χ4n) is 3.75. The van der Waals surface area contributed by atoms with Gasteiger partial charge >= 0.3 is 5.97 Å². The minimum Gasteiger partial charge on any atom is -0.468 e. The van der Waals surface area contributed by atoms with Crippen LogP contribution >= 0.6 is 11.6 Å². The van der Waals surface area contributed by atoms with Crippen LogP contribution < -0.4 is 5.32 Å². The Morgan fingerprint density at radius 2 is 2.13 bits per heavy atom. The second-order valence-corrected chi connectivity index (χ2v) is 7.18. The quantitative estimate of drug-likeness (QED) is 0.862. The summed E-state index contributed by atoms with van der Waals surface area (Å²) in [5.74, 6) is -0.238. The minimum absolute atomic E-state index is 0.00254. The number of nitrogens with zero attached hydrogens (tertiary/aromatic N) is 1. The van der Waals surface area contributed by atoms with Crippen LogP contribution in [0, 0.1) is 0 Å². The third-order valence-electron chi connectivity index (χ3n) is 5.27. The Bertz CT molecular complexity index is 669. The highest BCUT2D eigenvalue weighted by atomic mass is 35.5. The van der Waals surface area contributed by atoms with E-state index in [2.05, 4.69) is 22.6 Å². The first-order chi connectivity index (χ1) is 11.1. The van der Waals surface area contributed by atoms with Crippen LogP contribution in [-0.2, 0) is 19.8 Å². The Kier molecular flexibility index (Phi) is 3.39. The molecule has 0 amide bonds. The van der Waals surface area contributed by atoms with E-state index in [1.807, 2.05) is 12.1 Å². The summed E-state index contributed by atoms with van der Waals surface area (Å²) in [6.45, 7) is 0.621. The van der Waals surface area contributed by atoms with Crippen molar-refractivity contribution < 1.29 is 14.4 Å². The Labute approximate surface area is 140 Å². The molecule has 1 aromatic carbocycles. The molecule has 1 N–H and O–H groups in total. The molecule has 0 radical (unpaired) electrons. The molecule has 2 aliphatic heterocycles. The van der Waals surface area contributed by atoms with Gasteiger partial charge in [0.15, 0.2) is 5.60 Å². The summed E-state index contributed by atoms with van der Waals surface area (Å²) in [6, 6.07) is 7.70. The predicted octanol–water partition coefficient (Wildman–Crippen LogP) is 2.42. The summed E-state index contributed by atoms with van der Waals surface area (Å²) in [6.07, 6.45) is 3.53. The number of hydrogen-bond acceptors (Lipinski definition) is 5. The van der Waals surface area contributed by atoms with Crippen molar-refractivity contribution >= 4 is 23.3 Å². The number of methoxy groups -OCH3 is 1. The molecule has 0 aromatic heterocycles. The molecule has 1 spiro atoms. The molecular formula is C17H19ClN2O3. The third kappa shape index (κ3) is 2.42. The lowest BCUT2D eigenvalue weighted by atomic mass is 9.83. The topological polar surface area (TPSA) is 59.9 Å². The fraction of sp³-hybridized carbons (Fsp3) is 0.529. The number of ether oxygens (including phenoxy) is 1. The Morgan fingerprint density at radius 1 is 1.39 bits per heavy atom. The van der Waals surface area contributed by atoms with Crippen molar-refractivity contribution in [2.75, 3.05) is 13.7 Å². The van der Waals surface area contributed by atoms with E-state index in [-0.39, 0.29) is 17.4 Å². The van der Waals surface area contributed by atoms with Gasteiger partial charge in [0.05, 0.1) is 12.8 Å². The Hall–Kier alpha value is -1.59. The summed E-state index contributed by atoms with van der Waals surface area (Å²) in [7, 11) is 1.41. The molecule has 1 saturated carbocycles. The van der Waals surface area contributed by atoms with E-state index >= 15 is 0 Å². The Morgan fingerprint density at radius 3 is 2.78 bits per heavy atom. The number of hydrogen-bond donors (Lipinski definition) is 1. The number of carbonyl (C=O) groups is 1. The van der Waals surface area contributed by atoms with Gasteiger partial charge in [-0.05, 0) is 30.5 Å². The maximum Gasteiger partial charge on any atom is 0.323 e. The number of halogens is 1. The summed E-state index contributed by atoms with van der Waals surface area (Å²) in [5.41, 5.74) is 1.93. The lowest BCUT2D eigenvalue weighted by Crippen LogP contribution is -2.33. The Balaban J connectivity index is 1.50. The van der Waals surface area contributed by atoms with Gasteiger partial charge in [-0.1, -0.05) is 28.9 Å². The van der Waals surface area contributed by atoms with Gasteiger partial charge in [0, 0.05) is 29.8 Å². The first kappa shape index (κ1) is 15.0. The molecule has 1 aliphatic carbocycles. The third-order valence-corrected chi connectivity index (χ3v) is 5.52. The van der Waals surface area contributed by atoms with Crippen LogP contribution in [0.3, 0.4) is 0 Å². The fourth-order valence-corrected chi connectivity index (χ4v) is 3.88. The number of carbonyl (C=O) groups excluding carboxylic acids is 1. The van der Waals surface area contributed by atoms with E-state index in [1.165, 1.54) is 12.7 Å². The van der Waals surface area contributed by atoms with Crippen LogP contribution in [0.1, 0.15) is 31.2 Å². The van der Waals surface area contributed by atoms with Crippen LogP contribution in [-0.4, -0.2) is 37.0 Å². The maximum atomic E-state index is 11.7. The standard InChI is InChI=1S/C17H19ClN2O3/c1-22-15(21)13-8-16(10-19-13)9-14(20-23-16)17(6-7-17)11-2-4-12(18)5-3-11/h2-5,13,19H,6-10H2,1H3/t13-,16-/m0/s1. The van der Waals surface area contributed by atoms with Gasteiger partial charge in [-0.3, -0.25) is 4.79 Å². The van der Waals surface area contributed by atoms with E-state index in [4.69, 9.17) is 21.2 Å². The van der Waals surface area contributed by atoms with Crippen LogP contribution in [0.2, 0.25) is 5.02 Å². The number of nitrogens with one attached hydrogen (secondary N) is 1. The van der Waals surface area contributed by atoms with Gasteiger partial charge in [0.1, 0.15) is 6.04 Å². The van der Waals surface area contributed by atoms with E-state index < -0.39 is 5.60 Å². The average molecular weight is 335 g/mol. The van der Waals surface area contributed by atoms with E-state index in [9.17, 15) is 4.79 Å². The van der Waals surface area contributed by atoms with Crippen molar-refractivity contribution in [2.45, 2.75) is 42.7 Å². The molecule has 1 saturated heterocycles. The molecule has 23 heavy (non-hydrogen) atoms. The highest BCUT2D eigenvalue weighted by molar-refractivity contribution is 6.30. The van der Waals surface area contributed by atoms with Crippen molar-refractivity contribution in [3.8, 4) is 0 Å². The molecule has 1 aromatic rings. The predicted molar refractivity (Wildman–Crippen MR) is 86.7 cm³/mol. The highest BCUT2D eigenvalue weighted by Gasteiger charge is 2.56. The minimum atomic E-state index is -0.407. The zero-order chi connectivity index (χ0) is 16.1. The maximum absolute atomic E-state index is 11.7. The van der Waals surface area contributed by atoms with Gasteiger partial charge in [-0.15, -0.1) is 0 Å². The van der Waals surface area contributed by atoms with E-state index in [0.717, 1.165) is 30.0 Å². The molecule has 0 bridgehead atoms. The molecule has 4 rings (SSSR count). The zero-order valence-corrected chi connectivity index (χ0v) is 13.7. The molecule has 2 heterocycles. The van der Waals surface area contributed by atoms with Gasteiger partial charge in [-0.2, -0.15) is 0 Å². The second-order valence-electron chi connectivity index (χ2n) is 6.74. The number of oxime groups is 1. The van der Waals surface area contributed by atoms with Gasteiger partial charge < -0.3 is 14.9 Å². The molecule has 5 nitrogen and oxygen atoms in total. The lowest BCUT2D eigenvalue weighted by Gasteiger charge is -2.20. The zero-order valence-electron chi connectivity index (χ0n) is 13.0.